The number of carbonyl (C=O) groups excluding carboxylic acids is 2. The lowest BCUT2D eigenvalue weighted by Gasteiger charge is -2.30. The molecule has 0 aliphatic rings. The Morgan fingerprint density at radius 1 is 1.10 bits per heavy atom. The van der Waals surface area contributed by atoms with E-state index in [1.54, 1.807) is 6.92 Å². The molecule has 1 unspecified atom stereocenters. The third-order valence-corrected chi connectivity index (χ3v) is 4.65. The van der Waals surface area contributed by atoms with E-state index < -0.39 is 23.6 Å². The third kappa shape index (κ3) is 5.11. The monoisotopic (exact) mass is 425 g/mol. The molecule has 3 rings (SSSR count). The maximum absolute atomic E-state index is 13.5. The summed E-state index contributed by atoms with van der Waals surface area (Å²) in [5.41, 5.74) is 1.19. The molecule has 0 saturated heterocycles. The summed E-state index contributed by atoms with van der Waals surface area (Å²) in [6, 6.07) is 14.4. The predicted molar refractivity (Wildman–Crippen MR) is 112 cm³/mol. The van der Waals surface area contributed by atoms with E-state index in [1.165, 1.54) is 33.8 Å². The number of rotatable bonds is 8. The van der Waals surface area contributed by atoms with Gasteiger partial charge in [0.15, 0.2) is 5.82 Å². The number of benzene rings is 2. The Balaban J connectivity index is 1.96. The summed E-state index contributed by atoms with van der Waals surface area (Å²) in [5, 5.41) is 11.7. The van der Waals surface area contributed by atoms with Crippen LogP contribution in [0.2, 0.25) is 0 Å². The average molecular weight is 425 g/mol. The van der Waals surface area contributed by atoms with Gasteiger partial charge in [0.2, 0.25) is 5.91 Å². The molecular weight excluding hydrogens is 401 g/mol. The van der Waals surface area contributed by atoms with Crippen LogP contribution >= 0.6 is 0 Å². The van der Waals surface area contributed by atoms with Gasteiger partial charge in [-0.25, -0.2) is 4.39 Å². The number of esters is 1. The number of carbonyl (C=O) groups is 2. The minimum absolute atomic E-state index is 0.0516. The predicted octanol–water partition coefficient (Wildman–Crippen LogP) is 2.96. The van der Waals surface area contributed by atoms with E-state index in [4.69, 9.17) is 4.74 Å². The number of aromatic nitrogens is 4. The fourth-order valence-electron chi connectivity index (χ4n) is 3.25. The molecule has 9 heteroatoms. The number of halogens is 1. The second-order valence-corrected chi connectivity index (χ2v) is 7.13. The van der Waals surface area contributed by atoms with Crippen molar-refractivity contribution in [3.05, 3.63) is 66.2 Å². The van der Waals surface area contributed by atoms with Crippen LogP contribution in [-0.2, 0) is 20.7 Å². The van der Waals surface area contributed by atoms with Gasteiger partial charge in [-0.2, -0.15) is 4.68 Å². The Hall–Kier alpha value is -3.62. The average Bonchev–Trinajstić information content (AvgIpc) is 3.22. The third-order valence-electron chi connectivity index (χ3n) is 4.65. The highest BCUT2D eigenvalue weighted by Crippen LogP contribution is 2.23. The second-order valence-electron chi connectivity index (χ2n) is 7.13. The van der Waals surface area contributed by atoms with Gasteiger partial charge in [0.25, 0.3) is 0 Å². The topological polar surface area (TPSA) is 90.2 Å². The van der Waals surface area contributed by atoms with Crippen molar-refractivity contribution in [1.29, 1.82) is 0 Å². The normalized spacial score (nSPS) is 11.9. The summed E-state index contributed by atoms with van der Waals surface area (Å²) in [5.74, 6) is -2.37. The summed E-state index contributed by atoms with van der Waals surface area (Å²) in [6.45, 7) is 5.44. The largest absolute Gasteiger partial charge is 0.465 e. The van der Waals surface area contributed by atoms with E-state index in [0.29, 0.717) is 17.2 Å². The van der Waals surface area contributed by atoms with Gasteiger partial charge >= 0.3 is 5.97 Å². The lowest BCUT2D eigenvalue weighted by Crippen LogP contribution is -2.45. The summed E-state index contributed by atoms with van der Waals surface area (Å²) >= 11 is 0. The van der Waals surface area contributed by atoms with Crippen LogP contribution in [0.15, 0.2) is 54.6 Å². The van der Waals surface area contributed by atoms with Crippen molar-refractivity contribution in [3.63, 3.8) is 0 Å². The van der Waals surface area contributed by atoms with Crippen LogP contribution in [0.3, 0.4) is 0 Å². The minimum Gasteiger partial charge on any atom is -0.465 e. The van der Waals surface area contributed by atoms with E-state index >= 15 is 0 Å². The Bertz CT molecular complexity index is 1020. The molecule has 0 radical (unpaired) electrons. The van der Waals surface area contributed by atoms with Crippen LogP contribution in [0.5, 0.6) is 0 Å². The van der Waals surface area contributed by atoms with Crippen LogP contribution in [0.1, 0.15) is 26.6 Å². The van der Waals surface area contributed by atoms with E-state index in [1.807, 2.05) is 44.2 Å². The first-order valence-electron chi connectivity index (χ1n) is 10.00. The molecule has 0 spiro atoms. The van der Waals surface area contributed by atoms with Crippen LogP contribution in [0.25, 0.3) is 5.69 Å². The number of nitrogens with zero attached hydrogens (tertiary/aromatic N) is 5. The molecule has 0 fully saturated rings. The van der Waals surface area contributed by atoms with Crippen molar-refractivity contribution in [2.45, 2.75) is 33.2 Å². The van der Waals surface area contributed by atoms with E-state index in [9.17, 15) is 14.0 Å². The molecular formula is C22H24FN5O3. The highest BCUT2D eigenvalue weighted by atomic mass is 19.1. The molecule has 0 aliphatic carbocycles. The summed E-state index contributed by atoms with van der Waals surface area (Å²) < 4.78 is 20.1. The molecule has 3 aromatic rings. The first kappa shape index (κ1) is 22.1. The van der Waals surface area contributed by atoms with E-state index in [0.717, 1.165) is 0 Å². The molecule has 0 saturated carbocycles. The van der Waals surface area contributed by atoms with E-state index in [2.05, 4.69) is 15.5 Å². The summed E-state index contributed by atoms with van der Waals surface area (Å²) in [4.78, 5) is 27.7. The summed E-state index contributed by atoms with van der Waals surface area (Å²) in [7, 11) is 0. The standard InChI is InChI=1S/C22H24FN5O3/c1-4-31-22(30)19(14-20-24-25-26-28(20)18-8-6-5-7-9-18)21(29)27(15(2)3)17-12-10-16(23)11-13-17/h5-13,15,19H,4,14H2,1-3H3. The Labute approximate surface area is 179 Å². The summed E-state index contributed by atoms with van der Waals surface area (Å²) in [6.07, 6.45) is -0.0516. The number of ether oxygens (including phenoxy) is 1. The highest BCUT2D eigenvalue weighted by Gasteiger charge is 2.35. The molecule has 31 heavy (non-hydrogen) atoms. The Kier molecular flexibility index (Phi) is 7.07. The van der Waals surface area contributed by atoms with Gasteiger partial charge in [-0.05, 0) is 67.6 Å². The van der Waals surface area contributed by atoms with Crippen molar-refractivity contribution < 1.29 is 18.7 Å². The van der Waals surface area contributed by atoms with Gasteiger partial charge in [0.05, 0.1) is 12.3 Å². The zero-order valence-electron chi connectivity index (χ0n) is 17.6. The van der Waals surface area contributed by atoms with Crippen molar-refractivity contribution in [2.75, 3.05) is 11.5 Å². The second kappa shape index (κ2) is 9.92. The molecule has 1 atom stereocenters. The fourth-order valence-corrected chi connectivity index (χ4v) is 3.25. The van der Waals surface area contributed by atoms with Gasteiger partial charge in [-0.15, -0.1) is 5.10 Å². The molecule has 162 valence electrons. The van der Waals surface area contributed by atoms with Gasteiger partial charge in [-0.3, -0.25) is 9.59 Å². The van der Waals surface area contributed by atoms with Crippen molar-refractivity contribution in [3.8, 4) is 5.69 Å². The maximum atomic E-state index is 13.5. The quantitative estimate of drug-likeness (QED) is 0.407. The van der Waals surface area contributed by atoms with Crippen molar-refractivity contribution in [1.82, 2.24) is 20.2 Å². The highest BCUT2D eigenvalue weighted by molar-refractivity contribution is 6.06. The Morgan fingerprint density at radius 2 is 1.77 bits per heavy atom. The van der Waals surface area contributed by atoms with Crippen LogP contribution in [0.4, 0.5) is 10.1 Å². The number of hydrogen-bond donors (Lipinski definition) is 0. The fraction of sp³-hybridized carbons (Fsp3) is 0.318. The molecule has 0 aliphatic heterocycles. The van der Waals surface area contributed by atoms with Gasteiger partial charge in [0.1, 0.15) is 11.7 Å². The van der Waals surface area contributed by atoms with Gasteiger partial charge in [-0.1, -0.05) is 18.2 Å². The molecule has 8 nitrogen and oxygen atoms in total. The molecule has 1 amide bonds. The maximum Gasteiger partial charge on any atom is 0.318 e. The minimum atomic E-state index is -1.17. The lowest BCUT2D eigenvalue weighted by atomic mass is 10.0. The first-order chi connectivity index (χ1) is 14.9. The molecule has 2 aromatic carbocycles. The smallest absolute Gasteiger partial charge is 0.318 e. The van der Waals surface area contributed by atoms with Gasteiger partial charge < -0.3 is 9.64 Å². The van der Waals surface area contributed by atoms with Crippen molar-refractivity contribution >= 4 is 17.6 Å². The first-order valence-corrected chi connectivity index (χ1v) is 10.00. The zero-order chi connectivity index (χ0) is 22.4. The number of hydrogen-bond acceptors (Lipinski definition) is 6. The molecule has 1 aromatic heterocycles. The number of anilines is 1. The van der Waals surface area contributed by atoms with Crippen LogP contribution in [0, 0.1) is 11.7 Å². The molecule has 0 bridgehead atoms. The van der Waals surface area contributed by atoms with Gasteiger partial charge in [0, 0.05) is 18.2 Å². The number of amides is 1. The molecule has 0 N–H and O–H groups in total. The number of para-hydroxylation sites is 1. The van der Waals surface area contributed by atoms with Crippen LogP contribution < -0.4 is 4.90 Å². The SMILES string of the molecule is CCOC(=O)C(Cc1nnnn1-c1ccccc1)C(=O)N(c1ccc(F)cc1)C(C)C. The van der Waals surface area contributed by atoms with Crippen molar-refractivity contribution in [2.24, 2.45) is 5.92 Å². The Morgan fingerprint density at radius 3 is 2.39 bits per heavy atom. The molecule has 1 heterocycles. The van der Waals surface area contributed by atoms with E-state index in [-0.39, 0.29) is 19.1 Å². The lowest BCUT2D eigenvalue weighted by molar-refractivity contribution is -0.151. The van der Waals surface area contributed by atoms with Crippen LogP contribution in [-0.4, -0.2) is 44.7 Å². The zero-order valence-corrected chi connectivity index (χ0v) is 17.6. The number of tetrazole rings is 1.